The molecule has 0 saturated carbocycles. The largest absolute Gasteiger partial charge is 0.497 e. The number of amides is 1. The SMILES string of the molecule is COc1ccc(/C=C/C(=O)NCCSCc2ccccc2C#N)cc1. The summed E-state index contributed by atoms with van der Waals surface area (Å²) in [6.45, 7) is 0.588. The number of thioether (sulfide) groups is 1. The molecule has 0 heterocycles. The second kappa shape index (κ2) is 10.2. The van der Waals surface area contributed by atoms with E-state index < -0.39 is 0 Å². The Labute approximate surface area is 152 Å². The molecular formula is C20H20N2O2S. The van der Waals surface area contributed by atoms with E-state index in [1.807, 2.05) is 48.5 Å². The molecule has 1 N–H and O–H groups in total. The van der Waals surface area contributed by atoms with E-state index in [-0.39, 0.29) is 5.91 Å². The van der Waals surface area contributed by atoms with Crippen molar-refractivity contribution >= 4 is 23.7 Å². The number of benzene rings is 2. The summed E-state index contributed by atoms with van der Waals surface area (Å²) in [6, 6.07) is 17.3. The predicted octanol–water partition coefficient (Wildman–Crippen LogP) is 3.63. The average Bonchev–Trinajstić information content (AvgIpc) is 2.66. The van der Waals surface area contributed by atoms with Gasteiger partial charge in [-0.3, -0.25) is 4.79 Å². The molecule has 0 aliphatic carbocycles. The Kier molecular flexibility index (Phi) is 7.61. The van der Waals surface area contributed by atoms with Gasteiger partial charge in [0.25, 0.3) is 0 Å². The van der Waals surface area contributed by atoms with Crippen LogP contribution in [0, 0.1) is 11.3 Å². The highest BCUT2D eigenvalue weighted by Gasteiger charge is 2.01. The standard InChI is InChI=1S/C20H20N2O2S/c1-24-19-9-6-16(7-10-19)8-11-20(23)22-12-13-25-15-18-5-3-2-4-17(18)14-21/h2-11H,12-13,15H2,1H3,(H,22,23)/b11-8+. The number of hydrogen-bond acceptors (Lipinski definition) is 4. The van der Waals surface area contributed by atoms with Crippen LogP contribution in [-0.2, 0) is 10.5 Å². The number of carbonyl (C=O) groups excluding carboxylic acids is 1. The second-order valence-corrected chi connectivity index (χ2v) is 6.32. The molecule has 0 aromatic heterocycles. The molecule has 128 valence electrons. The van der Waals surface area contributed by atoms with Crippen molar-refractivity contribution in [3.63, 3.8) is 0 Å². The van der Waals surface area contributed by atoms with Gasteiger partial charge < -0.3 is 10.1 Å². The number of ether oxygens (including phenoxy) is 1. The van der Waals surface area contributed by atoms with Crippen molar-refractivity contribution in [1.29, 1.82) is 5.26 Å². The Morgan fingerprint density at radius 1 is 1.24 bits per heavy atom. The molecule has 1 amide bonds. The Bertz CT molecular complexity index is 764. The zero-order valence-electron chi connectivity index (χ0n) is 14.1. The van der Waals surface area contributed by atoms with E-state index in [4.69, 9.17) is 10.00 Å². The molecule has 0 aliphatic rings. The first-order valence-electron chi connectivity index (χ1n) is 7.88. The van der Waals surface area contributed by atoms with Gasteiger partial charge in [-0.05, 0) is 35.4 Å². The van der Waals surface area contributed by atoms with Gasteiger partial charge in [-0.25, -0.2) is 0 Å². The fourth-order valence-corrected chi connectivity index (χ4v) is 2.99. The third-order valence-electron chi connectivity index (χ3n) is 3.48. The molecule has 0 saturated heterocycles. The van der Waals surface area contributed by atoms with Crippen LogP contribution in [0.4, 0.5) is 0 Å². The Morgan fingerprint density at radius 2 is 2.00 bits per heavy atom. The first-order chi connectivity index (χ1) is 12.2. The highest BCUT2D eigenvalue weighted by Crippen LogP contribution is 2.15. The molecule has 0 spiro atoms. The van der Waals surface area contributed by atoms with Gasteiger partial charge in [-0.2, -0.15) is 17.0 Å². The molecule has 0 bridgehead atoms. The number of methoxy groups -OCH3 is 1. The molecular weight excluding hydrogens is 332 g/mol. The van der Waals surface area contributed by atoms with Gasteiger partial charge in [0.15, 0.2) is 0 Å². The van der Waals surface area contributed by atoms with Crippen molar-refractivity contribution in [3.8, 4) is 11.8 Å². The maximum atomic E-state index is 11.8. The van der Waals surface area contributed by atoms with Crippen LogP contribution in [0.25, 0.3) is 6.08 Å². The molecule has 0 radical (unpaired) electrons. The normalized spacial score (nSPS) is 10.4. The van der Waals surface area contributed by atoms with Crippen molar-refractivity contribution in [3.05, 3.63) is 71.3 Å². The number of nitrogens with one attached hydrogen (secondary N) is 1. The topological polar surface area (TPSA) is 62.1 Å². The molecule has 2 aromatic carbocycles. The van der Waals surface area contributed by atoms with Crippen LogP contribution in [0.5, 0.6) is 5.75 Å². The number of hydrogen-bond donors (Lipinski definition) is 1. The fourth-order valence-electron chi connectivity index (χ4n) is 2.13. The summed E-state index contributed by atoms with van der Waals surface area (Å²) in [5, 5.41) is 11.9. The van der Waals surface area contributed by atoms with Crippen molar-refractivity contribution < 1.29 is 9.53 Å². The zero-order valence-corrected chi connectivity index (χ0v) is 14.9. The number of nitrogens with zero attached hydrogens (tertiary/aromatic N) is 1. The second-order valence-electron chi connectivity index (χ2n) is 5.22. The minimum Gasteiger partial charge on any atom is -0.497 e. The summed E-state index contributed by atoms with van der Waals surface area (Å²) >= 11 is 1.69. The lowest BCUT2D eigenvalue weighted by molar-refractivity contribution is -0.116. The van der Waals surface area contributed by atoms with Crippen LogP contribution < -0.4 is 10.1 Å². The highest BCUT2D eigenvalue weighted by molar-refractivity contribution is 7.98. The summed E-state index contributed by atoms with van der Waals surface area (Å²) in [5.41, 5.74) is 2.68. The molecule has 4 nitrogen and oxygen atoms in total. The summed E-state index contributed by atoms with van der Waals surface area (Å²) < 4.78 is 5.09. The molecule has 2 rings (SSSR count). The minimum atomic E-state index is -0.117. The van der Waals surface area contributed by atoms with Crippen LogP contribution in [0.15, 0.2) is 54.6 Å². The van der Waals surface area contributed by atoms with E-state index >= 15 is 0 Å². The lowest BCUT2D eigenvalue weighted by atomic mass is 10.1. The summed E-state index contributed by atoms with van der Waals surface area (Å²) in [5.74, 6) is 2.23. The first-order valence-corrected chi connectivity index (χ1v) is 9.04. The van der Waals surface area contributed by atoms with Crippen LogP contribution >= 0.6 is 11.8 Å². The van der Waals surface area contributed by atoms with Gasteiger partial charge in [0.2, 0.25) is 5.91 Å². The first kappa shape index (κ1) is 18.6. The fraction of sp³-hybridized carbons (Fsp3) is 0.200. The van der Waals surface area contributed by atoms with Crippen LogP contribution in [0.2, 0.25) is 0 Å². The van der Waals surface area contributed by atoms with E-state index in [0.717, 1.165) is 28.4 Å². The van der Waals surface area contributed by atoms with Gasteiger partial charge in [0.05, 0.1) is 18.7 Å². The van der Waals surface area contributed by atoms with Crippen LogP contribution in [0.3, 0.4) is 0 Å². The van der Waals surface area contributed by atoms with Gasteiger partial charge in [0, 0.05) is 24.1 Å². The van der Waals surface area contributed by atoms with Crippen molar-refractivity contribution in [2.45, 2.75) is 5.75 Å². The monoisotopic (exact) mass is 352 g/mol. The third-order valence-corrected chi connectivity index (χ3v) is 4.49. The van der Waals surface area contributed by atoms with E-state index in [1.54, 1.807) is 24.9 Å². The smallest absolute Gasteiger partial charge is 0.244 e. The molecule has 2 aromatic rings. The lowest BCUT2D eigenvalue weighted by Gasteiger charge is -2.04. The molecule has 0 unspecified atom stereocenters. The van der Waals surface area contributed by atoms with Gasteiger partial charge in [-0.1, -0.05) is 30.3 Å². The lowest BCUT2D eigenvalue weighted by Crippen LogP contribution is -2.23. The number of nitriles is 1. The van der Waals surface area contributed by atoms with E-state index in [9.17, 15) is 4.79 Å². The quantitative estimate of drug-likeness (QED) is 0.582. The molecule has 5 heteroatoms. The molecule has 0 fully saturated rings. The maximum Gasteiger partial charge on any atom is 0.244 e. The Morgan fingerprint density at radius 3 is 2.72 bits per heavy atom. The minimum absolute atomic E-state index is 0.117. The van der Waals surface area contributed by atoms with Gasteiger partial charge in [0.1, 0.15) is 5.75 Å². The van der Waals surface area contributed by atoms with E-state index in [2.05, 4.69) is 11.4 Å². The van der Waals surface area contributed by atoms with E-state index in [0.29, 0.717) is 12.1 Å². The maximum absolute atomic E-state index is 11.8. The zero-order chi connectivity index (χ0) is 17.9. The average molecular weight is 352 g/mol. The van der Waals surface area contributed by atoms with Crippen LogP contribution in [-0.4, -0.2) is 25.3 Å². The van der Waals surface area contributed by atoms with Crippen molar-refractivity contribution in [1.82, 2.24) is 5.32 Å². The summed E-state index contributed by atoms with van der Waals surface area (Å²) in [4.78, 5) is 11.8. The van der Waals surface area contributed by atoms with Crippen molar-refractivity contribution in [2.75, 3.05) is 19.4 Å². The Hall–Kier alpha value is -2.71. The van der Waals surface area contributed by atoms with Gasteiger partial charge in [-0.15, -0.1) is 0 Å². The summed E-state index contributed by atoms with van der Waals surface area (Å²) in [6.07, 6.45) is 3.29. The molecule has 0 aliphatic heterocycles. The predicted molar refractivity (Wildman–Crippen MR) is 102 cm³/mol. The molecule has 0 atom stereocenters. The van der Waals surface area contributed by atoms with Crippen molar-refractivity contribution in [2.24, 2.45) is 0 Å². The Balaban J connectivity index is 1.68. The van der Waals surface area contributed by atoms with Gasteiger partial charge >= 0.3 is 0 Å². The molecule has 25 heavy (non-hydrogen) atoms. The van der Waals surface area contributed by atoms with E-state index in [1.165, 1.54) is 6.08 Å². The van der Waals surface area contributed by atoms with Crippen LogP contribution in [0.1, 0.15) is 16.7 Å². The highest BCUT2D eigenvalue weighted by atomic mass is 32.2. The summed E-state index contributed by atoms with van der Waals surface area (Å²) in [7, 11) is 1.62. The number of carbonyl (C=O) groups is 1. The number of rotatable bonds is 8. The third kappa shape index (κ3) is 6.36.